The van der Waals surface area contributed by atoms with E-state index in [1.54, 1.807) is 0 Å². The van der Waals surface area contributed by atoms with E-state index < -0.39 is 5.54 Å². The van der Waals surface area contributed by atoms with E-state index in [1.165, 1.54) is 12.0 Å². The molecule has 2 aliphatic rings. The number of carbonyl (C=O) groups excluding carboxylic acids is 1. The summed E-state index contributed by atoms with van der Waals surface area (Å²) in [7, 11) is 0. The highest BCUT2D eigenvalue weighted by atomic mass is 35.5. The van der Waals surface area contributed by atoms with Crippen LogP contribution in [0.25, 0.3) is 0 Å². The van der Waals surface area contributed by atoms with Crippen LogP contribution >= 0.6 is 11.6 Å². The molecule has 3 N–H and O–H groups in total. The molecule has 1 aromatic carbocycles. The maximum absolute atomic E-state index is 12.9. The SMILES string of the molecule is CCOC1CC(N)(C(=O)NCC2(c3ccc(Cl)cc3)CCC2)C1(C)C. The summed E-state index contributed by atoms with van der Waals surface area (Å²) in [4.78, 5) is 12.9. The first-order valence-electron chi connectivity index (χ1n) is 9.20. The van der Waals surface area contributed by atoms with Gasteiger partial charge < -0.3 is 15.8 Å². The molecule has 0 heterocycles. The monoisotopic (exact) mass is 364 g/mol. The summed E-state index contributed by atoms with van der Waals surface area (Å²) in [6.45, 7) is 7.29. The fraction of sp³-hybridized carbons (Fsp3) is 0.650. The second kappa shape index (κ2) is 6.57. The number of nitrogens with two attached hydrogens (primary N) is 1. The van der Waals surface area contributed by atoms with Crippen molar-refractivity contribution < 1.29 is 9.53 Å². The van der Waals surface area contributed by atoms with Gasteiger partial charge in [0.25, 0.3) is 0 Å². The van der Waals surface area contributed by atoms with Gasteiger partial charge in [-0.3, -0.25) is 4.79 Å². The minimum absolute atomic E-state index is 0.0177. The van der Waals surface area contributed by atoms with E-state index in [1.807, 2.05) is 32.9 Å². The van der Waals surface area contributed by atoms with Crippen molar-refractivity contribution in [2.24, 2.45) is 11.1 Å². The topological polar surface area (TPSA) is 64.3 Å². The summed E-state index contributed by atoms with van der Waals surface area (Å²) in [6, 6.07) is 7.99. The molecule has 0 saturated heterocycles. The zero-order valence-corrected chi connectivity index (χ0v) is 16.2. The van der Waals surface area contributed by atoms with Crippen LogP contribution in [0.15, 0.2) is 24.3 Å². The number of benzene rings is 1. The molecule has 2 unspecified atom stereocenters. The summed E-state index contributed by atoms with van der Waals surface area (Å²) in [5, 5.41) is 3.88. The summed E-state index contributed by atoms with van der Waals surface area (Å²) >= 11 is 6.01. The molecule has 2 saturated carbocycles. The number of rotatable bonds is 6. The Bertz CT molecular complexity index is 640. The van der Waals surface area contributed by atoms with Gasteiger partial charge in [-0.2, -0.15) is 0 Å². The maximum Gasteiger partial charge on any atom is 0.240 e. The molecule has 0 aliphatic heterocycles. The molecular weight excluding hydrogens is 336 g/mol. The number of hydrogen-bond donors (Lipinski definition) is 2. The van der Waals surface area contributed by atoms with E-state index >= 15 is 0 Å². The zero-order chi connectivity index (χ0) is 18.3. The standard InChI is InChI=1S/C20H29ClN2O2/c1-4-25-16-12-20(22,18(16,2)3)17(24)23-13-19(10-5-11-19)14-6-8-15(21)9-7-14/h6-9,16H,4-5,10-13,22H2,1-3H3,(H,23,24). The average molecular weight is 365 g/mol. The molecule has 2 atom stereocenters. The smallest absolute Gasteiger partial charge is 0.240 e. The van der Waals surface area contributed by atoms with Gasteiger partial charge in [-0.05, 0) is 37.5 Å². The van der Waals surface area contributed by atoms with Crippen LogP contribution in [-0.4, -0.2) is 30.7 Å². The van der Waals surface area contributed by atoms with E-state index in [0.29, 0.717) is 19.6 Å². The van der Waals surface area contributed by atoms with Crippen molar-refractivity contribution in [1.82, 2.24) is 5.32 Å². The minimum atomic E-state index is -0.863. The van der Waals surface area contributed by atoms with Gasteiger partial charge >= 0.3 is 0 Å². The summed E-state index contributed by atoms with van der Waals surface area (Å²) in [5.41, 5.74) is 6.52. The lowest BCUT2D eigenvalue weighted by Gasteiger charge is -2.58. The predicted molar refractivity (Wildman–Crippen MR) is 101 cm³/mol. The van der Waals surface area contributed by atoms with Crippen molar-refractivity contribution >= 4 is 17.5 Å². The molecule has 25 heavy (non-hydrogen) atoms. The molecule has 4 nitrogen and oxygen atoms in total. The second-order valence-electron chi connectivity index (χ2n) is 8.16. The number of nitrogens with one attached hydrogen (secondary N) is 1. The first-order chi connectivity index (χ1) is 11.7. The fourth-order valence-corrected chi connectivity index (χ4v) is 4.33. The van der Waals surface area contributed by atoms with Crippen LogP contribution in [0.3, 0.4) is 0 Å². The Morgan fingerprint density at radius 1 is 1.32 bits per heavy atom. The Balaban J connectivity index is 1.66. The number of amides is 1. The number of carbonyl (C=O) groups is 1. The molecule has 1 aromatic rings. The fourth-order valence-electron chi connectivity index (χ4n) is 4.20. The van der Waals surface area contributed by atoms with E-state index in [-0.39, 0.29) is 22.8 Å². The Hall–Kier alpha value is -1.10. The number of hydrogen-bond acceptors (Lipinski definition) is 3. The molecule has 5 heteroatoms. The third-order valence-corrected chi connectivity index (χ3v) is 6.84. The van der Waals surface area contributed by atoms with Gasteiger partial charge in [0.1, 0.15) is 5.54 Å². The lowest BCUT2D eigenvalue weighted by Crippen LogP contribution is -2.76. The lowest BCUT2D eigenvalue weighted by atomic mass is 9.54. The largest absolute Gasteiger partial charge is 0.378 e. The molecule has 1 amide bonds. The van der Waals surface area contributed by atoms with Crippen LogP contribution in [-0.2, 0) is 14.9 Å². The summed E-state index contributed by atoms with van der Waals surface area (Å²) in [5.74, 6) is -0.0614. The molecule has 138 valence electrons. The van der Waals surface area contributed by atoms with Gasteiger partial charge in [0, 0.05) is 35.4 Å². The highest BCUT2D eigenvalue weighted by Gasteiger charge is 2.63. The Kier molecular flexibility index (Phi) is 4.91. The quantitative estimate of drug-likeness (QED) is 0.813. The van der Waals surface area contributed by atoms with Gasteiger partial charge in [0.15, 0.2) is 0 Å². The van der Waals surface area contributed by atoms with Gasteiger partial charge in [-0.15, -0.1) is 0 Å². The van der Waals surface area contributed by atoms with Crippen molar-refractivity contribution in [2.45, 2.75) is 63.5 Å². The number of halogens is 1. The van der Waals surface area contributed by atoms with E-state index in [4.69, 9.17) is 22.1 Å². The molecule has 0 bridgehead atoms. The van der Waals surface area contributed by atoms with Crippen molar-refractivity contribution in [1.29, 1.82) is 0 Å². The third-order valence-electron chi connectivity index (χ3n) is 6.59. The molecular formula is C20H29ClN2O2. The number of ether oxygens (including phenoxy) is 1. The van der Waals surface area contributed by atoms with Gasteiger partial charge in [-0.1, -0.05) is 44.0 Å². The zero-order valence-electron chi connectivity index (χ0n) is 15.4. The van der Waals surface area contributed by atoms with Crippen LogP contribution < -0.4 is 11.1 Å². The van der Waals surface area contributed by atoms with Crippen molar-refractivity contribution in [3.63, 3.8) is 0 Å². The van der Waals surface area contributed by atoms with Crippen LogP contribution in [0, 0.1) is 5.41 Å². The van der Waals surface area contributed by atoms with Gasteiger partial charge in [0.05, 0.1) is 6.10 Å². The van der Waals surface area contributed by atoms with Crippen molar-refractivity contribution in [3.05, 3.63) is 34.9 Å². The van der Waals surface area contributed by atoms with Crippen molar-refractivity contribution in [3.8, 4) is 0 Å². The molecule has 0 aromatic heterocycles. The third kappa shape index (κ3) is 2.98. The maximum atomic E-state index is 12.9. The van der Waals surface area contributed by atoms with Crippen LogP contribution in [0.1, 0.15) is 52.0 Å². The molecule has 2 aliphatic carbocycles. The first-order valence-corrected chi connectivity index (χ1v) is 9.58. The summed E-state index contributed by atoms with van der Waals surface area (Å²) < 4.78 is 5.72. The van der Waals surface area contributed by atoms with Crippen molar-refractivity contribution in [2.75, 3.05) is 13.2 Å². The Morgan fingerprint density at radius 3 is 2.44 bits per heavy atom. The van der Waals surface area contributed by atoms with Crippen LogP contribution in [0.5, 0.6) is 0 Å². The minimum Gasteiger partial charge on any atom is -0.378 e. The van der Waals surface area contributed by atoms with E-state index in [0.717, 1.165) is 17.9 Å². The predicted octanol–water partition coefficient (Wildman–Crippen LogP) is 3.41. The Morgan fingerprint density at radius 2 is 1.96 bits per heavy atom. The van der Waals surface area contributed by atoms with Crippen LogP contribution in [0.4, 0.5) is 0 Å². The van der Waals surface area contributed by atoms with Gasteiger partial charge in [0.2, 0.25) is 5.91 Å². The van der Waals surface area contributed by atoms with Crippen LogP contribution in [0.2, 0.25) is 5.02 Å². The first kappa shape index (κ1) is 18.7. The highest BCUT2D eigenvalue weighted by Crippen LogP contribution is 2.50. The lowest BCUT2D eigenvalue weighted by molar-refractivity contribution is -0.171. The van der Waals surface area contributed by atoms with E-state index in [9.17, 15) is 4.79 Å². The summed E-state index contributed by atoms with van der Waals surface area (Å²) in [6.07, 6.45) is 3.97. The van der Waals surface area contributed by atoms with E-state index in [2.05, 4.69) is 17.4 Å². The molecule has 0 radical (unpaired) electrons. The normalized spacial score (nSPS) is 29.4. The average Bonchev–Trinajstić information content (AvgIpc) is 2.54. The molecule has 3 rings (SSSR count). The Labute approximate surface area is 155 Å². The molecule has 2 fully saturated rings. The highest BCUT2D eigenvalue weighted by molar-refractivity contribution is 6.30. The van der Waals surface area contributed by atoms with Gasteiger partial charge in [-0.25, -0.2) is 0 Å². The molecule has 0 spiro atoms. The second-order valence-corrected chi connectivity index (χ2v) is 8.60.